The molecule has 0 unspecified atom stereocenters. The van der Waals surface area contributed by atoms with Gasteiger partial charge in [0.25, 0.3) is 0 Å². The summed E-state index contributed by atoms with van der Waals surface area (Å²) in [6, 6.07) is 5.09. The Bertz CT molecular complexity index is 619. The van der Waals surface area contributed by atoms with Crippen LogP contribution < -0.4 is 5.32 Å². The van der Waals surface area contributed by atoms with Crippen LogP contribution in [0.15, 0.2) is 28.9 Å². The van der Waals surface area contributed by atoms with Crippen molar-refractivity contribution in [2.24, 2.45) is 5.92 Å². The van der Waals surface area contributed by atoms with E-state index in [1.54, 1.807) is 25.5 Å². The number of piperidine rings is 1. The van der Waals surface area contributed by atoms with Crippen molar-refractivity contribution in [2.45, 2.75) is 38.0 Å². The molecule has 1 aliphatic rings. The fourth-order valence-electron chi connectivity index (χ4n) is 3.83. The highest BCUT2D eigenvalue weighted by molar-refractivity contribution is 5.81. The number of nitrogens with one attached hydrogen (secondary N) is 1. The van der Waals surface area contributed by atoms with Gasteiger partial charge in [0, 0.05) is 24.7 Å². The summed E-state index contributed by atoms with van der Waals surface area (Å²) in [5.74, 6) is 0.713. The third-order valence-electron chi connectivity index (χ3n) is 4.96. The molecular formula is C19H26FNO2. The summed E-state index contributed by atoms with van der Waals surface area (Å²) >= 11 is 0. The number of methoxy groups -OCH3 is 1. The van der Waals surface area contributed by atoms with E-state index in [4.69, 9.17) is 9.15 Å². The first-order chi connectivity index (χ1) is 11.3. The minimum absolute atomic E-state index is 0.167. The van der Waals surface area contributed by atoms with Gasteiger partial charge >= 0.3 is 0 Å². The lowest BCUT2D eigenvalue weighted by molar-refractivity contribution is 0.189. The van der Waals surface area contributed by atoms with Crippen molar-refractivity contribution in [3.63, 3.8) is 0 Å². The molecule has 1 N–H and O–H groups in total. The number of ether oxygens (including phenoxy) is 1. The van der Waals surface area contributed by atoms with Gasteiger partial charge in [-0.2, -0.15) is 0 Å². The largest absolute Gasteiger partial charge is 0.464 e. The predicted octanol–water partition coefficient (Wildman–Crippen LogP) is 4.47. The Balaban J connectivity index is 1.87. The van der Waals surface area contributed by atoms with Gasteiger partial charge in [-0.1, -0.05) is 6.42 Å². The standard InChI is InChI=1S/C19H26FNO2/c1-22-9-3-2-6-17(15-5-4-8-21-13-15)18-12-16(20)11-14-7-10-23-19(14)18/h7,10-12,15,17,21H,2-6,8-9,13H2,1H3/t15-,17-/m0/s1. The van der Waals surface area contributed by atoms with Crippen molar-refractivity contribution >= 4 is 11.0 Å². The summed E-state index contributed by atoms with van der Waals surface area (Å²) in [6.45, 7) is 2.88. The first kappa shape index (κ1) is 16.5. The second-order valence-electron chi connectivity index (χ2n) is 6.54. The molecule has 23 heavy (non-hydrogen) atoms. The maximum Gasteiger partial charge on any atom is 0.137 e. The molecule has 0 radical (unpaired) electrons. The molecule has 0 amide bonds. The van der Waals surface area contributed by atoms with Gasteiger partial charge in [0.1, 0.15) is 11.4 Å². The van der Waals surface area contributed by atoms with Crippen LogP contribution in [-0.2, 0) is 4.74 Å². The van der Waals surface area contributed by atoms with Crippen molar-refractivity contribution in [3.8, 4) is 0 Å². The maximum atomic E-state index is 14.1. The monoisotopic (exact) mass is 319 g/mol. The second kappa shape index (κ2) is 7.93. The summed E-state index contributed by atoms with van der Waals surface area (Å²) < 4.78 is 24.9. The van der Waals surface area contributed by atoms with Crippen molar-refractivity contribution in [3.05, 3.63) is 35.8 Å². The molecule has 1 fully saturated rings. The van der Waals surface area contributed by atoms with Gasteiger partial charge < -0.3 is 14.5 Å². The highest BCUT2D eigenvalue weighted by Crippen LogP contribution is 2.38. The molecule has 2 aromatic rings. The highest BCUT2D eigenvalue weighted by atomic mass is 19.1. The molecule has 4 heteroatoms. The molecule has 1 aliphatic heterocycles. The quantitative estimate of drug-likeness (QED) is 0.765. The van der Waals surface area contributed by atoms with Gasteiger partial charge in [0.05, 0.1) is 6.26 Å². The lowest BCUT2D eigenvalue weighted by atomic mass is 9.78. The number of hydrogen-bond acceptors (Lipinski definition) is 3. The Morgan fingerprint density at radius 1 is 1.39 bits per heavy atom. The number of rotatable bonds is 7. The first-order valence-electron chi connectivity index (χ1n) is 8.66. The van der Waals surface area contributed by atoms with E-state index in [0.29, 0.717) is 11.8 Å². The van der Waals surface area contributed by atoms with E-state index < -0.39 is 0 Å². The molecule has 0 bridgehead atoms. The second-order valence-corrected chi connectivity index (χ2v) is 6.54. The molecule has 2 heterocycles. The number of fused-ring (bicyclic) bond motifs is 1. The Morgan fingerprint density at radius 3 is 3.09 bits per heavy atom. The van der Waals surface area contributed by atoms with E-state index in [1.165, 1.54) is 12.8 Å². The van der Waals surface area contributed by atoms with E-state index >= 15 is 0 Å². The van der Waals surface area contributed by atoms with Crippen LogP contribution in [-0.4, -0.2) is 26.8 Å². The minimum atomic E-state index is -0.167. The summed E-state index contributed by atoms with van der Waals surface area (Å²) in [5.41, 5.74) is 1.89. The molecule has 1 aromatic heterocycles. The summed E-state index contributed by atoms with van der Waals surface area (Å²) in [6.07, 6.45) is 7.23. The Morgan fingerprint density at radius 2 is 2.30 bits per heavy atom. The zero-order valence-electron chi connectivity index (χ0n) is 13.8. The van der Waals surface area contributed by atoms with Gasteiger partial charge in [-0.3, -0.25) is 0 Å². The number of unbranched alkanes of at least 4 members (excludes halogenated alkanes) is 1. The van der Waals surface area contributed by atoms with Crippen LogP contribution in [0.1, 0.15) is 43.6 Å². The average molecular weight is 319 g/mol. The maximum absolute atomic E-state index is 14.1. The Hall–Kier alpha value is -1.39. The van der Waals surface area contributed by atoms with Gasteiger partial charge in [-0.05, 0) is 68.8 Å². The zero-order valence-corrected chi connectivity index (χ0v) is 13.8. The van der Waals surface area contributed by atoms with E-state index in [0.717, 1.165) is 55.5 Å². The third kappa shape index (κ3) is 3.93. The van der Waals surface area contributed by atoms with Crippen LogP contribution in [0.25, 0.3) is 11.0 Å². The highest BCUT2D eigenvalue weighted by Gasteiger charge is 2.27. The Labute approximate surface area is 137 Å². The lowest BCUT2D eigenvalue weighted by Gasteiger charge is -2.31. The summed E-state index contributed by atoms with van der Waals surface area (Å²) in [5, 5.41) is 4.36. The average Bonchev–Trinajstić information content (AvgIpc) is 3.03. The van der Waals surface area contributed by atoms with Gasteiger partial charge in [0.15, 0.2) is 0 Å². The SMILES string of the molecule is COCCCC[C@H](c1cc(F)cc2ccoc12)[C@H]1CCCNC1. The molecule has 0 aliphatic carbocycles. The van der Waals surface area contributed by atoms with Crippen LogP contribution in [0.2, 0.25) is 0 Å². The fourth-order valence-corrected chi connectivity index (χ4v) is 3.83. The minimum Gasteiger partial charge on any atom is -0.464 e. The predicted molar refractivity (Wildman–Crippen MR) is 90.2 cm³/mol. The van der Waals surface area contributed by atoms with Gasteiger partial charge in [0.2, 0.25) is 0 Å². The van der Waals surface area contributed by atoms with Gasteiger partial charge in [-0.15, -0.1) is 0 Å². The molecule has 3 nitrogen and oxygen atoms in total. The number of furan rings is 1. The molecule has 126 valence electrons. The van der Waals surface area contributed by atoms with Gasteiger partial charge in [-0.25, -0.2) is 4.39 Å². The fraction of sp³-hybridized carbons (Fsp3) is 0.579. The molecule has 1 saturated heterocycles. The van der Waals surface area contributed by atoms with E-state index in [9.17, 15) is 4.39 Å². The first-order valence-corrected chi connectivity index (χ1v) is 8.66. The topological polar surface area (TPSA) is 34.4 Å². The van der Waals surface area contributed by atoms with E-state index in [2.05, 4.69) is 5.32 Å². The molecule has 0 spiro atoms. The van der Waals surface area contributed by atoms with Crippen LogP contribution in [0.4, 0.5) is 4.39 Å². The number of benzene rings is 1. The lowest BCUT2D eigenvalue weighted by Crippen LogP contribution is -2.33. The number of hydrogen-bond donors (Lipinski definition) is 1. The van der Waals surface area contributed by atoms with Crippen molar-refractivity contribution in [1.82, 2.24) is 5.32 Å². The normalized spacial score (nSPS) is 20.0. The number of halogens is 1. The van der Waals surface area contributed by atoms with Crippen molar-refractivity contribution in [2.75, 3.05) is 26.8 Å². The molecule has 2 atom stereocenters. The van der Waals surface area contributed by atoms with Crippen LogP contribution in [0, 0.1) is 11.7 Å². The smallest absolute Gasteiger partial charge is 0.137 e. The molecular weight excluding hydrogens is 293 g/mol. The summed E-state index contributed by atoms with van der Waals surface area (Å²) in [7, 11) is 1.74. The van der Waals surface area contributed by atoms with Crippen LogP contribution >= 0.6 is 0 Å². The summed E-state index contributed by atoms with van der Waals surface area (Å²) in [4.78, 5) is 0. The van der Waals surface area contributed by atoms with Crippen molar-refractivity contribution < 1.29 is 13.5 Å². The van der Waals surface area contributed by atoms with Crippen molar-refractivity contribution in [1.29, 1.82) is 0 Å². The van der Waals surface area contributed by atoms with E-state index in [1.807, 2.05) is 6.07 Å². The molecule has 1 aromatic carbocycles. The molecule has 3 rings (SSSR count). The van der Waals surface area contributed by atoms with Crippen LogP contribution in [0.5, 0.6) is 0 Å². The van der Waals surface area contributed by atoms with Crippen LogP contribution in [0.3, 0.4) is 0 Å². The third-order valence-corrected chi connectivity index (χ3v) is 4.96. The van der Waals surface area contributed by atoms with E-state index in [-0.39, 0.29) is 5.82 Å². The zero-order chi connectivity index (χ0) is 16.1. The Kier molecular flexibility index (Phi) is 5.68. The molecule has 0 saturated carbocycles.